The molecular formula is C14H19N5O4. The fraction of sp³-hybridized carbons (Fsp3) is 0.357. The van der Waals surface area contributed by atoms with Crippen molar-refractivity contribution in [2.24, 2.45) is 5.73 Å². The Hall–Kier alpha value is -2.49. The number of carboxylic acids is 1. The van der Waals surface area contributed by atoms with Gasteiger partial charge in [0.05, 0.1) is 13.1 Å². The molecule has 1 unspecified atom stereocenters. The van der Waals surface area contributed by atoms with E-state index >= 15 is 0 Å². The number of nitrogens with one attached hydrogen (secondary N) is 2. The number of urea groups is 1. The topological polar surface area (TPSA) is 143 Å². The molecule has 1 heterocycles. The fourth-order valence-corrected chi connectivity index (χ4v) is 2.42. The highest BCUT2D eigenvalue weighted by Gasteiger charge is 2.41. The quantitative estimate of drug-likeness (QED) is 0.181. The summed E-state index contributed by atoms with van der Waals surface area (Å²) in [5.41, 5.74) is 6.15. The third-order valence-corrected chi connectivity index (χ3v) is 3.69. The number of quaternary nitrogens is 1. The number of carboxylic acid groups (broad SMARTS) is 1. The number of rotatable bonds is 7. The molecule has 5 N–H and O–H groups in total. The van der Waals surface area contributed by atoms with Crippen molar-refractivity contribution >= 4 is 23.5 Å². The maximum atomic E-state index is 12.8. The van der Waals surface area contributed by atoms with Crippen molar-refractivity contribution < 1.29 is 14.7 Å². The minimum atomic E-state index is -1.09. The SMILES string of the molecule is N=C(N)c1ccc([N+]2([O-])CCN(CCNCC(=O)O)C2=O)cc1. The van der Waals surface area contributed by atoms with Gasteiger partial charge in [-0.25, -0.2) is 9.44 Å². The number of hydrogen-bond donors (Lipinski definition) is 4. The maximum Gasteiger partial charge on any atom is 0.424 e. The Bertz CT molecular complexity index is 618. The highest BCUT2D eigenvalue weighted by Crippen LogP contribution is 2.28. The third kappa shape index (κ3) is 3.65. The van der Waals surface area contributed by atoms with E-state index in [4.69, 9.17) is 16.2 Å². The van der Waals surface area contributed by atoms with Crippen LogP contribution in [-0.4, -0.2) is 60.6 Å². The Morgan fingerprint density at radius 3 is 2.65 bits per heavy atom. The normalized spacial score (nSPS) is 20.7. The number of nitrogens with zero attached hydrogens (tertiary/aromatic N) is 2. The van der Waals surface area contributed by atoms with Crippen LogP contribution in [0.4, 0.5) is 10.5 Å². The first-order chi connectivity index (χ1) is 10.8. The molecule has 0 saturated carbocycles. The van der Waals surface area contributed by atoms with Gasteiger partial charge in [0.15, 0.2) is 0 Å². The molecule has 0 radical (unpaired) electrons. The summed E-state index contributed by atoms with van der Waals surface area (Å²) in [7, 11) is 0. The van der Waals surface area contributed by atoms with Gasteiger partial charge in [0.1, 0.15) is 18.1 Å². The Morgan fingerprint density at radius 2 is 2.09 bits per heavy atom. The molecule has 2 rings (SSSR count). The van der Waals surface area contributed by atoms with Crippen LogP contribution in [0.2, 0.25) is 0 Å². The van der Waals surface area contributed by atoms with E-state index in [9.17, 15) is 14.8 Å². The number of aliphatic carboxylic acids is 1. The van der Waals surface area contributed by atoms with Crippen molar-refractivity contribution in [1.82, 2.24) is 14.9 Å². The van der Waals surface area contributed by atoms with Gasteiger partial charge < -0.3 is 21.4 Å². The van der Waals surface area contributed by atoms with Crippen molar-refractivity contribution in [3.63, 3.8) is 0 Å². The lowest BCUT2D eigenvalue weighted by molar-refractivity contribution is -0.135. The van der Waals surface area contributed by atoms with E-state index in [1.165, 1.54) is 17.0 Å². The first kappa shape index (κ1) is 16.9. The van der Waals surface area contributed by atoms with Gasteiger partial charge in [-0.2, -0.15) is 0 Å². The minimum Gasteiger partial charge on any atom is -0.618 e. The summed E-state index contributed by atoms with van der Waals surface area (Å²) in [4.78, 5) is 24.2. The first-order valence-electron chi connectivity index (χ1n) is 7.10. The van der Waals surface area contributed by atoms with E-state index < -0.39 is 16.6 Å². The monoisotopic (exact) mass is 321 g/mol. The lowest BCUT2D eigenvalue weighted by atomic mass is 10.2. The maximum absolute atomic E-state index is 12.8. The lowest BCUT2D eigenvalue weighted by Crippen LogP contribution is -2.47. The number of nitrogens with two attached hydrogens (primary N) is 1. The number of hydrogen-bond acceptors (Lipinski definition) is 5. The third-order valence-electron chi connectivity index (χ3n) is 3.69. The van der Waals surface area contributed by atoms with Crippen LogP contribution in [0.5, 0.6) is 0 Å². The number of hydroxylamine groups is 2. The van der Waals surface area contributed by atoms with Crippen molar-refractivity contribution in [2.45, 2.75) is 0 Å². The largest absolute Gasteiger partial charge is 0.618 e. The van der Waals surface area contributed by atoms with E-state index in [1.807, 2.05) is 0 Å². The van der Waals surface area contributed by atoms with Crippen LogP contribution in [-0.2, 0) is 4.79 Å². The molecule has 1 aromatic rings. The molecule has 9 heteroatoms. The van der Waals surface area contributed by atoms with Gasteiger partial charge in [0.2, 0.25) is 0 Å². The van der Waals surface area contributed by atoms with Crippen molar-refractivity contribution in [1.29, 1.82) is 5.41 Å². The smallest absolute Gasteiger partial charge is 0.424 e. The molecule has 1 aliphatic heterocycles. The summed E-state index contributed by atoms with van der Waals surface area (Å²) >= 11 is 0. The molecule has 9 nitrogen and oxygen atoms in total. The number of carbonyl (C=O) groups excluding carboxylic acids is 1. The molecule has 124 valence electrons. The number of nitrogen functional groups attached to an aromatic ring is 1. The molecule has 1 saturated heterocycles. The summed E-state index contributed by atoms with van der Waals surface area (Å²) < 4.78 is -1.09. The van der Waals surface area contributed by atoms with Gasteiger partial charge in [0.25, 0.3) is 0 Å². The first-order valence-corrected chi connectivity index (χ1v) is 7.10. The van der Waals surface area contributed by atoms with E-state index in [1.54, 1.807) is 12.1 Å². The van der Waals surface area contributed by atoms with Gasteiger partial charge in [-0.1, -0.05) is 0 Å². The summed E-state index contributed by atoms with van der Waals surface area (Å²) in [6.07, 6.45) is 0. The average Bonchev–Trinajstić information content (AvgIpc) is 2.81. The van der Waals surface area contributed by atoms with Crippen LogP contribution in [0.1, 0.15) is 5.56 Å². The standard InChI is InChI=1S/C14H19N5O4/c15-13(16)10-1-3-11(4-2-10)19(23)8-7-18(14(19)22)6-5-17-9-12(20)21/h1-4,17H,5-9H2,(H3,15,16)(H,20,21). The molecule has 1 aromatic carbocycles. The predicted molar refractivity (Wildman–Crippen MR) is 85.0 cm³/mol. The van der Waals surface area contributed by atoms with Crippen LogP contribution in [0.25, 0.3) is 0 Å². The summed E-state index contributed by atoms with van der Waals surface area (Å²) in [6.45, 7) is 0.801. The average molecular weight is 321 g/mol. The van der Waals surface area contributed by atoms with E-state index in [2.05, 4.69) is 5.32 Å². The van der Waals surface area contributed by atoms with E-state index in [0.717, 1.165) is 0 Å². The molecule has 1 atom stereocenters. The Morgan fingerprint density at radius 1 is 1.43 bits per heavy atom. The zero-order valence-corrected chi connectivity index (χ0v) is 12.5. The molecule has 0 bridgehead atoms. The second-order valence-electron chi connectivity index (χ2n) is 5.26. The van der Waals surface area contributed by atoms with Crippen molar-refractivity contribution in [3.8, 4) is 0 Å². The highest BCUT2D eigenvalue weighted by atomic mass is 16.6. The zero-order valence-electron chi connectivity index (χ0n) is 12.5. The Balaban J connectivity index is 2.01. The fourth-order valence-electron chi connectivity index (χ4n) is 2.42. The molecule has 0 aromatic heterocycles. The van der Waals surface area contributed by atoms with Crippen LogP contribution in [0.3, 0.4) is 0 Å². The number of amidine groups is 1. The second kappa shape index (κ2) is 6.73. The van der Waals surface area contributed by atoms with Crippen molar-refractivity contribution in [3.05, 3.63) is 35.0 Å². The number of amides is 2. The summed E-state index contributed by atoms with van der Waals surface area (Å²) in [5, 5.41) is 31.4. The lowest BCUT2D eigenvalue weighted by Gasteiger charge is -2.34. The number of benzene rings is 1. The van der Waals surface area contributed by atoms with E-state index in [-0.39, 0.29) is 25.5 Å². The van der Waals surface area contributed by atoms with Gasteiger partial charge in [-0.05, 0) is 12.1 Å². The molecule has 1 aliphatic rings. The molecule has 23 heavy (non-hydrogen) atoms. The highest BCUT2D eigenvalue weighted by molar-refractivity contribution is 5.96. The summed E-state index contributed by atoms with van der Waals surface area (Å²) in [5.74, 6) is -1.08. The molecule has 2 amide bonds. The Labute approximate surface area is 133 Å². The molecule has 1 fully saturated rings. The minimum absolute atomic E-state index is 0.0944. The summed E-state index contributed by atoms with van der Waals surface area (Å²) in [6, 6.07) is 5.53. The van der Waals surface area contributed by atoms with Gasteiger partial charge >= 0.3 is 12.0 Å². The van der Waals surface area contributed by atoms with Crippen LogP contribution >= 0.6 is 0 Å². The van der Waals surface area contributed by atoms with E-state index in [0.29, 0.717) is 24.3 Å². The van der Waals surface area contributed by atoms with Crippen LogP contribution in [0.15, 0.2) is 24.3 Å². The zero-order chi connectivity index (χ0) is 17.0. The van der Waals surface area contributed by atoms with Gasteiger partial charge in [-0.15, -0.1) is 0 Å². The molecular weight excluding hydrogens is 302 g/mol. The number of carbonyl (C=O) groups is 2. The van der Waals surface area contributed by atoms with Gasteiger partial charge in [-0.3, -0.25) is 15.1 Å². The van der Waals surface area contributed by atoms with Crippen LogP contribution in [0, 0.1) is 10.6 Å². The van der Waals surface area contributed by atoms with Gasteiger partial charge in [0, 0.05) is 30.8 Å². The molecule has 0 spiro atoms. The predicted octanol–water partition coefficient (Wildman–Crippen LogP) is -0.114. The van der Waals surface area contributed by atoms with Crippen LogP contribution < -0.4 is 15.7 Å². The molecule has 0 aliphatic carbocycles. The Kier molecular flexibility index (Phi) is 4.94. The second-order valence-corrected chi connectivity index (χ2v) is 5.26. The van der Waals surface area contributed by atoms with Crippen molar-refractivity contribution in [2.75, 3.05) is 32.7 Å².